The van der Waals surface area contributed by atoms with Crippen LogP contribution in [-0.4, -0.2) is 41.9 Å². The van der Waals surface area contributed by atoms with Gasteiger partial charge in [-0.15, -0.1) is 0 Å². The van der Waals surface area contributed by atoms with Crippen LogP contribution < -0.4 is 5.32 Å². The highest BCUT2D eigenvalue weighted by Crippen LogP contribution is 2.39. The van der Waals surface area contributed by atoms with Crippen LogP contribution in [-0.2, 0) is 0 Å². The Labute approximate surface area is 136 Å². The fourth-order valence-corrected chi connectivity index (χ4v) is 3.77. The molecule has 1 amide bonds. The van der Waals surface area contributed by atoms with Crippen molar-refractivity contribution in [1.29, 1.82) is 0 Å². The number of piperidine rings is 2. The first-order chi connectivity index (χ1) is 11.0. The van der Waals surface area contributed by atoms with Crippen molar-refractivity contribution in [1.82, 2.24) is 10.2 Å². The standard InChI is InChI=1S/C17H23N3O3/c1-13-2-3-14(20(22)23)12-15(13)16(21)19-10-6-17(7-11-19)4-8-18-9-5-17/h2-3,12,18H,4-11H2,1H3. The second-order valence-electron chi connectivity index (χ2n) is 6.80. The summed E-state index contributed by atoms with van der Waals surface area (Å²) in [5, 5.41) is 14.3. The number of amides is 1. The van der Waals surface area contributed by atoms with E-state index in [1.807, 2.05) is 11.8 Å². The van der Waals surface area contributed by atoms with Crippen LogP contribution in [0.1, 0.15) is 41.6 Å². The molecule has 1 aromatic carbocycles. The van der Waals surface area contributed by atoms with E-state index in [9.17, 15) is 14.9 Å². The number of nitro benzene ring substituents is 1. The van der Waals surface area contributed by atoms with Gasteiger partial charge in [0.25, 0.3) is 11.6 Å². The van der Waals surface area contributed by atoms with Crippen LogP contribution >= 0.6 is 0 Å². The third-order valence-electron chi connectivity index (χ3n) is 5.44. The van der Waals surface area contributed by atoms with E-state index in [4.69, 9.17) is 0 Å². The van der Waals surface area contributed by atoms with Crippen LogP contribution in [0, 0.1) is 22.5 Å². The Balaban J connectivity index is 1.72. The molecule has 2 saturated heterocycles. The lowest BCUT2D eigenvalue weighted by molar-refractivity contribution is -0.384. The van der Waals surface area contributed by atoms with Gasteiger partial charge < -0.3 is 10.2 Å². The summed E-state index contributed by atoms with van der Waals surface area (Å²) in [6.45, 7) is 5.47. The normalized spacial score (nSPS) is 20.5. The van der Waals surface area contributed by atoms with Gasteiger partial charge >= 0.3 is 0 Å². The Bertz CT molecular complexity index is 614. The molecule has 1 spiro atoms. The minimum absolute atomic E-state index is 0.0224. The number of nitrogens with one attached hydrogen (secondary N) is 1. The van der Waals surface area contributed by atoms with Gasteiger partial charge in [-0.1, -0.05) is 6.07 Å². The van der Waals surface area contributed by atoms with Gasteiger partial charge in [0.2, 0.25) is 0 Å². The maximum absolute atomic E-state index is 12.8. The van der Waals surface area contributed by atoms with E-state index in [2.05, 4.69) is 5.32 Å². The minimum Gasteiger partial charge on any atom is -0.339 e. The highest BCUT2D eigenvalue weighted by atomic mass is 16.6. The third kappa shape index (κ3) is 3.22. The number of likely N-dealkylation sites (tertiary alicyclic amines) is 1. The van der Waals surface area contributed by atoms with Crippen molar-refractivity contribution in [3.05, 3.63) is 39.4 Å². The van der Waals surface area contributed by atoms with E-state index in [1.54, 1.807) is 6.07 Å². The second kappa shape index (κ2) is 6.28. The van der Waals surface area contributed by atoms with Gasteiger partial charge in [0, 0.05) is 30.8 Å². The highest BCUT2D eigenvalue weighted by Gasteiger charge is 2.37. The van der Waals surface area contributed by atoms with Crippen LogP contribution in [0.4, 0.5) is 5.69 Å². The molecule has 1 aromatic rings. The first kappa shape index (κ1) is 15.9. The van der Waals surface area contributed by atoms with Crippen LogP contribution in [0.3, 0.4) is 0 Å². The molecule has 0 aromatic heterocycles. The number of carbonyl (C=O) groups excluding carboxylic acids is 1. The molecular formula is C17H23N3O3. The second-order valence-corrected chi connectivity index (χ2v) is 6.80. The van der Waals surface area contributed by atoms with Gasteiger partial charge in [-0.25, -0.2) is 0 Å². The average molecular weight is 317 g/mol. The lowest BCUT2D eigenvalue weighted by Gasteiger charge is -2.44. The summed E-state index contributed by atoms with van der Waals surface area (Å²) in [7, 11) is 0. The number of non-ortho nitro benzene ring substituents is 1. The molecule has 1 N–H and O–H groups in total. The Hall–Kier alpha value is -1.95. The molecule has 0 bridgehead atoms. The molecule has 0 atom stereocenters. The monoisotopic (exact) mass is 317 g/mol. The molecule has 2 aliphatic rings. The molecule has 0 radical (unpaired) electrons. The third-order valence-corrected chi connectivity index (χ3v) is 5.44. The quantitative estimate of drug-likeness (QED) is 0.672. The van der Waals surface area contributed by atoms with E-state index in [0.717, 1.165) is 44.6 Å². The van der Waals surface area contributed by atoms with Gasteiger partial charge in [0.1, 0.15) is 0 Å². The SMILES string of the molecule is Cc1ccc([N+](=O)[O-])cc1C(=O)N1CCC2(CCNCC2)CC1. The number of rotatable bonds is 2. The molecule has 2 aliphatic heterocycles. The largest absolute Gasteiger partial charge is 0.339 e. The van der Waals surface area contributed by atoms with Gasteiger partial charge in [-0.05, 0) is 56.7 Å². The predicted octanol–water partition coefficient (Wildman–Crippen LogP) is 2.51. The zero-order valence-corrected chi connectivity index (χ0v) is 13.5. The summed E-state index contributed by atoms with van der Waals surface area (Å²) < 4.78 is 0. The fraction of sp³-hybridized carbons (Fsp3) is 0.588. The fourth-order valence-electron chi connectivity index (χ4n) is 3.77. The molecule has 2 fully saturated rings. The van der Waals surface area contributed by atoms with E-state index in [0.29, 0.717) is 11.0 Å². The maximum Gasteiger partial charge on any atom is 0.270 e. The number of hydrogen-bond acceptors (Lipinski definition) is 4. The number of benzene rings is 1. The zero-order valence-electron chi connectivity index (χ0n) is 13.5. The molecule has 6 nitrogen and oxygen atoms in total. The molecule has 124 valence electrons. The van der Waals surface area contributed by atoms with Crippen molar-refractivity contribution in [2.45, 2.75) is 32.6 Å². The minimum atomic E-state index is -0.448. The molecule has 6 heteroatoms. The van der Waals surface area contributed by atoms with Crippen LogP contribution in [0.25, 0.3) is 0 Å². The van der Waals surface area contributed by atoms with Crippen molar-refractivity contribution in [3.8, 4) is 0 Å². The van der Waals surface area contributed by atoms with E-state index < -0.39 is 4.92 Å². The molecular weight excluding hydrogens is 294 g/mol. The van der Waals surface area contributed by atoms with Crippen LogP contribution in [0.2, 0.25) is 0 Å². The van der Waals surface area contributed by atoms with Crippen LogP contribution in [0.15, 0.2) is 18.2 Å². The van der Waals surface area contributed by atoms with Crippen molar-refractivity contribution >= 4 is 11.6 Å². The zero-order chi connectivity index (χ0) is 16.4. The lowest BCUT2D eigenvalue weighted by Crippen LogP contribution is -2.47. The Kier molecular flexibility index (Phi) is 4.35. The summed E-state index contributed by atoms with van der Waals surface area (Å²) in [4.78, 5) is 25.1. The maximum atomic E-state index is 12.8. The smallest absolute Gasteiger partial charge is 0.270 e. The van der Waals surface area contributed by atoms with Crippen molar-refractivity contribution < 1.29 is 9.72 Å². The number of aryl methyl sites for hydroxylation is 1. The Morgan fingerprint density at radius 2 is 1.87 bits per heavy atom. The summed E-state index contributed by atoms with van der Waals surface area (Å²) in [6, 6.07) is 4.52. The number of nitro groups is 1. The topological polar surface area (TPSA) is 75.5 Å². The molecule has 0 unspecified atom stereocenters. The number of carbonyl (C=O) groups is 1. The van der Waals surface area contributed by atoms with Crippen molar-refractivity contribution in [2.24, 2.45) is 5.41 Å². The highest BCUT2D eigenvalue weighted by molar-refractivity contribution is 5.96. The number of hydrogen-bond donors (Lipinski definition) is 1. The summed E-state index contributed by atoms with van der Waals surface area (Å²) in [5.41, 5.74) is 1.62. The molecule has 0 aliphatic carbocycles. The summed E-state index contributed by atoms with van der Waals surface area (Å²) in [5.74, 6) is -0.0741. The van der Waals surface area contributed by atoms with Gasteiger partial charge in [-0.2, -0.15) is 0 Å². The van der Waals surface area contributed by atoms with Gasteiger partial charge in [-0.3, -0.25) is 14.9 Å². The molecule has 2 heterocycles. The van der Waals surface area contributed by atoms with E-state index >= 15 is 0 Å². The van der Waals surface area contributed by atoms with Crippen LogP contribution in [0.5, 0.6) is 0 Å². The molecule has 23 heavy (non-hydrogen) atoms. The average Bonchev–Trinajstić information content (AvgIpc) is 2.56. The van der Waals surface area contributed by atoms with E-state index in [-0.39, 0.29) is 11.6 Å². The summed E-state index contributed by atoms with van der Waals surface area (Å²) in [6.07, 6.45) is 4.44. The summed E-state index contributed by atoms with van der Waals surface area (Å²) >= 11 is 0. The van der Waals surface area contributed by atoms with Gasteiger partial charge in [0.15, 0.2) is 0 Å². The van der Waals surface area contributed by atoms with Crippen molar-refractivity contribution in [2.75, 3.05) is 26.2 Å². The predicted molar refractivity (Wildman–Crippen MR) is 87.5 cm³/mol. The Morgan fingerprint density at radius 3 is 2.48 bits per heavy atom. The van der Waals surface area contributed by atoms with Gasteiger partial charge in [0.05, 0.1) is 4.92 Å². The van der Waals surface area contributed by atoms with Crippen molar-refractivity contribution in [3.63, 3.8) is 0 Å². The first-order valence-electron chi connectivity index (χ1n) is 8.26. The number of nitrogens with zero attached hydrogens (tertiary/aromatic N) is 2. The molecule has 0 saturated carbocycles. The van der Waals surface area contributed by atoms with E-state index in [1.165, 1.54) is 25.0 Å². The first-order valence-corrected chi connectivity index (χ1v) is 8.26. The lowest BCUT2D eigenvalue weighted by atomic mass is 9.71. The Morgan fingerprint density at radius 1 is 1.22 bits per heavy atom. The molecule has 3 rings (SSSR count).